The van der Waals surface area contributed by atoms with Crippen LogP contribution in [0.3, 0.4) is 0 Å². The fourth-order valence-electron chi connectivity index (χ4n) is 3.32. The van der Waals surface area contributed by atoms with E-state index in [1.165, 1.54) is 5.56 Å². The first kappa shape index (κ1) is 15.4. The summed E-state index contributed by atoms with van der Waals surface area (Å²) in [6.07, 6.45) is 3.87. The number of fused-ring (bicyclic) bond motifs is 1. The van der Waals surface area contributed by atoms with Crippen molar-refractivity contribution < 1.29 is 4.79 Å². The molecule has 2 heterocycles. The molecule has 0 bridgehead atoms. The highest BCUT2D eigenvalue weighted by molar-refractivity contribution is 6.29. The molecule has 4 nitrogen and oxygen atoms in total. The average molecular weight is 329 g/mol. The zero-order valence-electron chi connectivity index (χ0n) is 14.2. The van der Waals surface area contributed by atoms with Crippen molar-refractivity contribution in [2.45, 2.75) is 19.8 Å². The number of amides is 1. The van der Waals surface area contributed by atoms with E-state index in [1.54, 1.807) is 0 Å². The summed E-state index contributed by atoms with van der Waals surface area (Å²) in [7, 11) is 0. The molecule has 0 spiro atoms. The smallest absolute Gasteiger partial charge is 0.273 e. The Morgan fingerprint density at radius 3 is 2.68 bits per heavy atom. The molecule has 1 atom stereocenters. The maximum atomic E-state index is 12.3. The Hall–Kier alpha value is -3.14. The highest BCUT2D eigenvalue weighted by Crippen LogP contribution is 2.28. The van der Waals surface area contributed by atoms with Crippen LogP contribution < -0.4 is 5.43 Å². The number of aryl methyl sites for hydroxylation is 1. The molecule has 4 rings (SSSR count). The van der Waals surface area contributed by atoms with Crippen LogP contribution in [0.1, 0.15) is 29.5 Å². The van der Waals surface area contributed by atoms with E-state index in [2.05, 4.69) is 53.6 Å². The average Bonchev–Trinajstić information content (AvgIpc) is 3.21. The van der Waals surface area contributed by atoms with Crippen LogP contribution in [0.25, 0.3) is 17.0 Å². The van der Waals surface area contributed by atoms with Crippen molar-refractivity contribution in [1.29, 1.82) is 0 Å². The van der Waals surface area contributed by atoms with Crippen LogP contribution >= 0.6 is 0 Å². The highest BCUT2D eigenvalue weighted by Gasteiger charge is 2.28. The number of nitrogens with one attached hydrogen (secondary N) is 2. The van der Waals surface area contributed by atoms with Crippen molar-refractivity contribution in [3.8, 4) is 0 Å². The standard InChI is InChI=1S/C21H19N3O/c1-13-7-6-10-17-16(12-22-19(13)17)11-18-20(23-24-21(18)25)14(2)15-8-4-3-5-9-15/h3-12,14,22H,1-2H3,(H,24,25)/b18-11-. The summed E-state index contributed by atoms with van der Waals surface area (Å²) < 4.78 is 0. The number of hydrazone groups is 1. The van der Waals surface area contributed by atoms with E-state index in [4.69, 9.17) is 0 Å². The van der Waals surface area contributed by atoms with Gasteiger partial charge in [0.15, 0.2) is 0 Å². The fraction of sp³-hybridized carbons (Fsp3) is 0.143. The SMILES string of the molecule is Cc1cccc2c(/C=C3\C(=O)NN=C3C(C)c3ccccc3)c[nH]c12. The molecular weight excluding hydrogens is 310 g/mol. The maximum Gasteiger partial charge on any atom is 0.273 e. The van der Waals surface area contributed by atoms with Gasteiger partial charge in [-0.25, -0.2) is 5.43 Å². The van der Waals surface area contributed by atoms with Crippen molar-refractivity contribution in [2.75, 3.05) is 0 Å². The van der Waals surface area contributed by atoms with Gasteiger partial charge < -0.3 is 4.98 Å². The monoisotopic (exact) mass is 329 g/mol. The van der Waals surface area contributed by atoms with Gasteiger partial charge in [-0.05, 0) is 24.1 Å². The summed E-state index contributed by atoms with van der Waals surface area (Å²) in [5, 5.41) is 5.40. The van der Waals surface area contributed by atoms with Crippen LogP contribution in [0.5, 0.6) is 0 Å². The molecule has 124 valence electrons. The number of nitrogens with zero attached hydrogens (tertiary/aromatic N) is 1. The van der Waals surface area contributed by atoms with E-state index >= 15 is 0 Å². The molecule has 3 aromatic rings. The van der Waals surface area contributed by atoms with Crippen LogP contribution in [-0.2, 0) is 4.79 Å². The normalized spacial score (nSPS) is 17.0. The summed E-state index contributed by atoms with van der Waals surface area (Å²) in [6, 6.07) is 16.3. The molecule has 0 radical (unpaired) electrons. The molecule has 1 unspecified atom stereocenters. The number of carbonyl (C=O) groups is 1. The number of rotatable bonds is 3. The number of hydrogen-bond acceptors (Lipinski definition) is 2. The van der Waals surface area contributed by atoms with Crippen LogP contribution in [0, 0.1) is 6.92 Å². The van der Waals surface area contributed by atoms with Gasteiger partial charge in [-0.15, -0.1) is 0 Å². The molecule has 25 heavy (non-hydrogen) atoms. The number of H-pyrrole nitrogens is 1. The molecule has 1 aliphatic heterocycles. The number of para-hydroxylation sites is 1. The maximum absolute atomic E-state index is 12.3. The van der Waals surface area contributed by atoms with Gasteiger partial charge in [-0.2, -0.15) is 5.10 Å². The third kappa shape index (κ3) is 2.66. The van der Waals surface area contributed by atoms with Crippen molar-refractivity contribution in [3.63, 3.8) is 0 Å². The molecule has 0 saturated heterocycles. The number of aromatic amines is 1. The van der Waals surface area contributed by atoms with Gasteiger partial charge in [-0.1, -0.05) is 55.5 Å². The highest BCUT2D eigenvalue weighted by atomic mass is 16.2. The third-order valence-electron chi connectivity index (χ3n) is 4.76. The van der Waals surface area contributed by atoms with Crippen LogP contribution in [0.15, 0.2) is 65.4 Å². The first-order chi connectivity index (χ1) is 12.1. The summed E-state index contributed by atoms with van der Waals surface area (Å²) in [5.74, 6) is -0.113. The minimum absolute atomic E-state index is 0.0401. The molecule has 0 saturated carbocycles. The molecule has 0 fully saturated rings. The summed E-state index contributed by atoms with van der Waals surface area (Å²) in [5.41, 5.74) is 8.43. The zero-order valence-corrected chi connectivity index (χ0v) is 14.2. The Labute approximate surface area is 146 Å². The predicted molar refractivity (Wildman–Crippen MR) is 101 cm³/mol. The minimum Gasteiger partial charge on any atom is -0.360 e. The molecule has 1 aromatic heterocycles. The number of hydrogen-bond donors (Lipinski definition) is 2. The molecule has 4 heteroatoms. The van der Waals surface area contributed by atoms with Crippen molar-refractivity contribution in [2.24, 2.45) is 5.10 Å². The molecular formula is C21H19N3O. The lowest BCUT2D eigenvalue weighted by Crippen LogP contribution is -2.15. The number of aromatic nitrogens is 1. The number of benzene rings is 2. The number of carbonyl (C=O) groups excluding carboxylic acids is 1. The Balaban J connectivity index is 1.77. The van der Waals surface area contributed by atoms with Gasteiger partial charge in [0, 0.05) is 28.6 Å². The Morgan fingerprint density at radius 1 is 1.08 bits per heavy atom. The Morgan fingerprint density at radius 2 is 1.88 bits per heavy atom. The lowest BCUT2D eigenvalue weighted by molar-refractivity contribution is -0.116. The van der Waals surface area contributed by atoms with E-state index in [0.29, 0.717) is 5.57 Å². The van der Waals surface area contributed by atoms with Crippen LogP contribution in [0.4, 0.5) is 0 Å². The topological polar surface area (TPSA) is 57.2 Å². The second kappa shape index (κ2) is 6.06. The van der Waals surface area contributed by atoms with Gasteiger partial charge in [0.2, 0.25) is 0 Å². The lowest BCUT2D eigenvalue weighted by atomic mass is 9.91. The second-order valence-electron chi connectivity index (χ2n) is 6.37. The molecule has 2 N–H and O–H groups in total. The van der Waals surface area contributed by atoms with E-state index in [9.17, 15) is 4.79 Å². The van der Waals surface area contributed by atoms with Crippen molar-refractivity contribution in [1.82, 2.24) is 10.4 Å². The van der Waals surface area contributed by atoms with E-state index in [0.717, 1.165) is 27.7 Å². The van der Waals surface area contributed by atoms with Gasteiger partial charge in [0.05, 0.1) is 11.3 Å². The van der Waals surface area contributed by atoms with E-state index in [-0.39, 0.29) is 11.8 Å². The largest absolute Gasteiger partial charge is 0.360 e. The fourth-order valence-corrected chi connectivity index (χ4v) is 3.32. The Kier molecular flexibility index (Phi) is 3.73. The van der Waals surface area contributed by atoms with Gasteiger partial charge >= 0.3 is 0 Å². The van der Waals surface area contributed by atoms with Crippen LogP contribution in [0.2, 0.25) is 0 Å². The zero-order chi connectivity index (χ0) is 17.4. The second-order valence-corrected chi connectivity index (χ2v) is 6.37. The molecule has 1 aliphatic rings. The Bertz CT molecular complexity index is 1010. The van der Waals surface area contributed by atoms with Crippen molar-refractivity contribution in [3.05, 3.63) is 77.0 Å². The quantitative estimate of drug-likeness (QED) is 0.697. The first-order valence-electron chi connectivity index (χ1n) is 8.37. The van der Waals surface area contributed by atoms with Crippen molar-refractivity contribution >= 4 is 28.6 Å². The summed E-state index contributed by atoms with van der Waals surface area (Å²) in [4.78, 5) is 15.7. The van der Waals surface area contributed by atoms with Crippen LogP contribution in [-0.4, -0.2) is 16.6 Å². The summed E-state index contributed by atoms with van der Waals surface area (Å²) in [6.45, 7) is 4.14. The predicted octanol–water partition coefficient (Wildman–Crippen LogP) is 4.15. The van der Waals surface area contributed by atoms with Gasteiger partial charge in [-0.3, -0.25) is 4.79 Å². The van der Waals surface area contributed by atoms with E-state index in [1.807, 2.05) is 36.5 Å². The molecule has 2 aromatic carbocycles. The third-order valence-corrected chi connectivity index (χ3v) is 4.76. The minimum atomic E-state index is -0.153. The lowest BCUT2D eigenvalue weighted by Gasteiger charge is -2.11. The molecule has 0 aliphatic carbocycles. The first-order valence-corrected chi connectivity index (χ1v) is 8.37. The van der Waals surface area contributed by atoms with E-state index < -0.39 is 0 Å². The van der Waals surface area contributed by atoms with Gasteiger partial charge in [0.25, 0.3) is 5.91 Å². The van der Waals surface area contributed by atoms with Gasteiger partial charge in [0.1, 0.15) is 0 Å². The molecule has 1 amide bonds. The summed E-state index contributed by atoms with van der Waals surface area (Å²) >= 11 is 0.